The van der Waals surface area contributed by atoms with Crippen LogP contribution in [0.2, 0.25) is 0 Å². The van der Waals surface area contributed by atoms with Crippen LogP contribution in [0.3, 0.4) is 0 Å². The first kappa shape index (κ1) is 35.2. The third-order valence-corrected chi connectivity index (χ3v) is 6.41. The molecule has 3 heterocycles. The number of hydrogen-bond donors (Lipinski definition) is 3. The van der Waals surface area contributed by atoms with Gasteiger partial charge in [-0.05, 0) is 37.3 Å². The highest BCUT2D eigenvalue weighted by atomic mass is 19.4. The predicted molar refractivity (Wildman–Crippen MR) is 140 cm³/mol. The number of alkyl halides is 6. The molecule has 11 nitrogen and oxygen atoms in total. The summed E-state index contributed by atoms with van der Waals surface area (Å²) in [5, 5.41) is 23.0. The maximum Gasteiger partial charge on any atom is 0.490 e. The highest BCUT2D eigenvalue weighted by Crippen LogP contribution is 2.24. The fourth-order valence-corrected chi connectivity index (χ4v) is 4.20. The molecule has 0 bridgehead atoms. The molecule has 0 aliphatic carbocycles. The number of carbonyl (C=O) groups is 3. The Balaban J connectivity index is 0.000000384. The van der Waals surface area contributed by atoms with Crippen molar-refractivity contribution in [2.75, 3.05) is 26.2 Å². The molecule has 2 aliphatic heterocycles. The van der Waals surface area contributed by atoms with E-state index in [-0.39, 0.29) is 5.91 Å². The smallest absolute Gasteiger partial charge is 0.475 e. The van der Waals surface area contributed by atoms with Gasteiger partial charge in [-0.1, -0.05) is 41.6 Å². The molecular weight excluding hydrogens is 590 g/mol. The first-order valence-corrected chi connectivity index (χ1v) is 13.0. The Bertz CT molecular complexity index is 1220. The van der Waals surface area contributed by atoms with Gasteiger partial charge in [-0.25, -0.2) is 14.3 Å². The fraction of sp³-hybridized carbons (Fsp3) is 0.500. The van der Waals surface area contributed by atoms with Crippen LogP contribution < -0.4 is 5.73 Å². The fourth-order valence-electron chi connectivity index (χ4n) is 4.20. The molecule has 1 aromatic carbocycles. The van der Waals surface area contributed by atoms with Gasteiger partial charge < -0.3 is 20.8 Å². The van der Waals surface area contributed by atoms with Crippen LogP contribution in [0.25, 0.3) is 5.57 Å². The molecule has 0 saturated carbocycles. The minimum Gasteiger partial charge on any atom is -0.475 e. The van der Waals surface area contributed by atoms with Crippen LogP contribution in [0.15, 0.2) is 42.6 Å². The molecule has 1 amide bonds. The lowest BCUT2D eigenvalue weighted by Crippen LogP contribution is -2.46. The SMILES string of the molecule is C[C@H](N)C(=O)N1CCC(n2cc(CN3CC=C(c4ccccc4)CC3)nn2)CC1.O=C(O)C(F)(F)F.O=C(O)C(F)(F)F. The van der Waals surface area contributed by atoms with Crippen LogP contribution in [-0.4, -0.2) is 97.4 Å². The van der Waals surface area contributed by atoms with Gasteiger partial charge in [0.2, 0.25) is 5.91 Å². The molecule has 0 radical (unpaired) electrons. The number of rotatable bonds is 5. The van der Waals surface area contributed by atoms with Crippen molar-refractivity contribution in [3.8, 4) is 0 Å². The summed E-state index contributed by atoms with van der Waals surface area (Å²) in [4.78, 5) is 34.1. The summed E-state index contributed by atoms with van der Waals surface area (Å²) in [7, 11) is 0. The van der Waals surface area contributed by atoms with Crippen molar-refractivity contribution >= 4 is 23.4 Å². The minimum absolute atomic E-state index is 0.0377. The Morgan fingerprint density at radius 2 is 1.51 bits per heavy atom. The van der Waals surface area contributed by atoms with E-state index < -0.39 is 30.3 Å². The second-order valence-corrected chi connectivity index (χ2v) is 9.72. The van der Waals surface area contributed by atoms with E-state index in [0.717, 1.165) is 57.7 Å². The van der Waals surface area contributed by atoms with E-state index in [4.69, 9.17) is 25.5 Å². The molecule has 1 saturated heterocycles. The molecule has 1 fully saturated rings. The van der Waals surface area contributed by atoms with Gasteiger partial charge in [-0.3, -0.25) is 9.69 Å². The summed E-state index contributed by atoms with van der Waals surface area (Å²) < 4.78 is 65.5. The Labute approximate surface area is 242 Å². The Hall–Kier alpha value is -3.99. The van der Waals surface area contributed by atoms with Crippen molar-refractivity contribution in [1.29, 1.82) is 0 Å². The first-order valence-electron chi connectivity index (χ1n) is 13.0. The van der Waals surface area contributed by atoms with Gasteiger partial charge in [0, 0.05) is 32.7 Å². The molecule has 0 spiro atoms. The number of aliphatic carboxylic acids is 2. The van der Waals surface area contributed by atoms with Gasteiger partial charge in [-0.15, -0.1) is 5.10 Å². The lowest BCUT2D eigenvalue weighted by Gasteiger charge is -2.32. The zero-order valence-electron chi connectivity index (χ0n) is 23.1. The second-order valence-electron chi connectivity index (χ2n) is 9.72. The number of carboxylic acid groups (broad SMARTS) is 2. The van der Waals surface area contributed by atoms with Gasteiger partial charge in [-0.2, -0.15) is 26.3 Å². The number of likely N-dealkylation sites (tertiary alicyclic amines) is 1. The maximum absolute atomic E-state index is 12.0. The van der Waals surface area contributed by atoms with Crippen LogP contribution in [-0.2, 0) is 20.9 Å². The first-order chi connectivity index (χ1) is 20.0. The molecule has 4 rings (SSSR count). The number of amides is 1. The van der Waals surface area contributed by atoms with Crippen molar-refractivity contribution < 1.29 is 50.9 Å². The van der Waals surface area contributed by atoms with Crippen molar-refractivity contribution in [1.82, 2.24) is 24.8 Å². The number of benzene rings is 1. The minimum atomic E-state index is -5.08. The number of aromatic nitrogens is 3. The molecule has 2 aromatic rings. The average molecular weight is 623 g/mol. The molecule has 4 N–H and O–H groups in total. The summed E-state index contributed by atoms with van der Waals surface area (Å²) in [5.41, 5.74) is 9.48. The lowest BCUT2D eigenvalue weighted by molar-refractivity contribution is -0.193. The molecule has 2 aliphatic rings. The molecule has 17 heteroatoms. The van der Waals surface area contributed by atoms with E-state index in [2.05, 4.69) is 57.8 Å². The average Bonchev–Trinajstić information content (AvgIpc) is 3.41. The van der Waals surface area contributed by atoms with Crippen molar-refractivity contribution in [3.63, 3.8) is 0 Å². The van der Waals surface area contributed by atoms with E-state index in [1.54, 1.807) is 6.92 Å². The summed E-state index contributed by atoms with van der Waals surface area (Å²) in [6.45, 7) is 6.01. The molecule has 238 valence electrons. The number of hydrogen-bond acceptors (Lipinski definition) is 7. The van der Waals surface area contributed by atoms with E-state index >= 15 is 0 Å². The van der Waals surface area contributed by atoms with Crippen molar-refractivity contribution in [3.05, 3.63) is 53.9 Å². The molecule has 0 unspecified atom stereocenters. The molecule has 43 heavy (non-hydrogen) atoms. The number of carbonyl (C=O) groups excluding carboxylic acids is 1. The van der Waals surface area contributed by atoms with Gasteiger partial charge in [0.05, 0.1) is 24.0 Å². The highest BCUT2D eigenvalue weighted by molar-refractivity contribution is 5.81. The van der Waals surface area contributed by atoms with E-state index in [9.17, 15) is 31.1 Å². The predicted octanol–water partition coefficient (Wildman–Crippen LogP) is 3.34. The van der Waals surface area contributed by atoms with E-state index in [1.165, 1.54) is 11.1 Å². The van der Waals surface area contributed by atoms with Gasteiger partial charge >= 0.3 is 24.3 Å². The summed E-state index contributed by atoms with van der Waals surface area (Å²) in [6.07, 6.45) is -2.91. The lowest BCUT2D eigenvalue weighted by atomic mass is 9.99. The quantitative estimate of drug-likeness (QED) is 0.426. The van der Waals surface area contributed by atoms with E-state index in [0.29, 0.717) is 6.04 Å². The summed E-state index contributed by atoms with van der Waals surface area (Å²) in [6, 6.07) is 10.5. The number of piperidine rings is 1. The highest BCUT2D eigenvalue weighted by Gasteiger charge is 2.39. The Morgan fingerprint density at radius 3 is 1.95 bits per heavy atom. The number of carboxylic acids is 2. The normalized spacial score (nSPS) is 17.0. The molecular formula is C26H32F6N6O5. The Morgan fingerprint density at radius 1 is 0.977 bits per heavy atom. The number of halogens is 6. The van der Waals surface area contributed by atoms with E-state index in [1.807, 2.05) is 9.58 Å². The second kappa shape index (κ2) is 15.5. The summed E-state index contributed by atoms with van der Waals surface area (Å²) >= 11 is 0. The van der Waals surface area contributed by atoms with Crippen LogP contribution in [0.1, 0.15) is 43.5 Å². The number of nitrogens with two attached hydrogens (primary N) is 1. The molecule has 1 atom stereocenters. The maximum atomic E-state index is 12.0. The standard InChI is InChI=1S/C22H30N6O.2C2HF3O2/c1-17(23)22(29)27-13-9-21(10-14-27)28-16-20(24-25-28)15-26-11-7-19(8-12-26)18-5-3-2-4-6-18;2*3-2(4,5)1(6)7/h2-7,16-17,21H,8-15,23H2,1H3;2*(H,6,7)/t17-;;/m0../s1. The van der Waals surface area contributed by atoms with Crippen molar-refractivity contribution in [2.45, 2.75) is 57.2 Å². The third-order valence-electron chi connectivity index (χ3n) is 6.41. The Kier molecular flexibility index (Phi) is 12.7. The van der Waals surface area contributed by atoms with Gasteiger partial charge in [0.15, 0.2) is 0 Å². The van der Waals surface area contributed by atoms with Crippen LogP contribution >= 0.6 is 0 Å². The van der Waals surface area contributed by atoms with Gasteiger partial charge in [0.1, 0.15) is 0 Å². The molecule has 1 aromatic heterocycles. The van der Waals surface area contributed by atoms with Crippen molar-refractivity contribution in [2.24, 2.45) is 5.73 Å². The summed E-state index contributed by atoms with van der Waals surface area (Å²) in [5.74, 6) is -5.48. The zero-order valence-corrected chi connectivity index (χ0v) is 23.1. The van der Waals surface area contributed by atoms with Crippen LogP contribution in [0.4, 0.5) is 26.3 Å². The number of nitrogens with zero attached hydrogens (tertiary/aromatic N) is 5. The largest absolute Gasteiger partial charge is 0.490 e. The third kappa shape index (κ3) is 11.7. The van der Waals surface area contributed by atoms with Crippen LogP contribution in [0, 0.1) is 0 Å². The topological polar surface area (TPSA) is 155 Å². The zero-order chi connectivity index (χ0) is 32.4. The monoisotopic (exact) mass is 622 g/mol. The van der Waals surface area contributed by atoms with Crippen LogP contribution in [0.5, 0.6) is 0 Å². The van der Waals surface area contributed by atoms with Gasteiger partial charge in [0.25, 0.3) is 0 Å².